The molecule has 1 aliphatic heterocycles. The van der Waals surface area contributed by atoms with Gasteiger partial charge in [0.1, 0.15) is 0 Å². The van der Waals surface area contributed by atoms with E-state index in [4.69, 9.17) is 11.6 Å². The first kappa shape index (κ1) is 20.9. The van der Waals surface area contributed by atoms with Crippen LogP contribution in [0.15, 0.2) is 60.0 Å². The fraction of sp³-hybridized carbons (Fsp3) is 0.263. The van der Waals surface area contributed by atoms with Crippen LogP contribution in [-0.4, -0.2) is 44.3 Å². The van der Waals surface area contributed by atoms with Gasteiger partial charge in [-0.05, 0) is 36.4 Å². The van der Waals surface area contributed by atoms with Gasteiger partial charge in [-0.1, -0.05) is 54.1 Å². The second kappa shape index (κ2) is 9.02. The molecule has 1 heterocycles. The Bertz CT molecular complexity index is 840. The summed E-state index contributed by atoms with van der Waals surface area (Å²) < 4.78 is 27.4. The molecule has 1 aliphatic rings. The van der Waals surface area contributed by atoms with E-state index < -0.39 is 10.0 Å². The monoisotopic (exact) mass is 412 g/mol. The molecule has 26 heavy (non-hydrogen) atoms. The molecule has 0 amide bonds. The summed E-state index contributed by atoms with van der Waals surface area (Å²) in [5.74, 6) is 0. The zero-order valence-electron chi connectivity index (χ0n) is 14.5. The van der Waals surface area contributed by atoms with Crippen LogP contribution in [0.1, 0.15) is 17.2 Å². The number of hydrogen-bond donors (Lipinski definition) is 0. The Labute approximate surface area is 166 Å². The van der Waals surface area contributed by atoms with Crippen molar-refractivity contribution >= 4 is 40.1 Å². The number of sulfonamides is 1. The smallest absolute Gasteiger partial charge is 0.236 e. The average Bonchev–Trinajstić information content (AvgIpc) is 2.62. The minimum Gasteiger partial charge on any atom is -0.303 e. The van der Waals surface area contributed by atoms with Crippen molar-refractivity contribution in [3.8, 4) is 0 Å². The predicted molar refractivity (Wildman–Crippen MR) is 110 cm³/mol. The standard InChI is InChI=1S/C19H21ClN2O2S.ClH/c1-21-12-13-22(19(15-21)17-5-3-2-4-6-17)25(23,24)14-11-16-7-9-18(20)10-8-16;/h2-11,14,19H,12-13,15H2,1H3;1H/b14-11+;. The molecule has 1 atom stereocenters. The second-order valence-corrected chi connectivity index (χ2v) is 8.41. The van der Waals surface area contributed by atoms with Crippen molar-refractivity contribution in [2.75, 3.05) is 26.7 Å². The van der Waals surface area contributed by atoms with Gasteiger partial charge in [0.25, 0.3) is 0 Å². The lowest BCUT2D eigenvalue weighted by Crippen LogP contribution is -2.48. The van der Waals surface area contributed by atoms with Crippen LogP contribution >= 0.6 is 24.0 Å². The molecule has 2 aromatic carbocycles. The summed E-state index contributed by atoms with van der Waals surface area (Å²) in [6.07, 6.45) is 1.62. The molecule has 0 aliphatic carbocycles. The molecular weight excluding hydrogens is 391 g/mol. The van der Waals surface area contributed by atoms with Gasteiger partial charge in [0.05, 0.1) is 6.04 Å². The quantitative estimate of drug-likeness (QED) is 0.760. The van der Waals surface area contributed by atoms with E-state index in [1.807, 2.05) is 37.4 Å². The molecule has 1 fully saturated rings. The Hall–Kier alpha value is -1.37. The van der Waals surface area contributed by atoms with Crippen molar-refractivity contribution in [1.29, 1.82) is 0 Å². The predicted octanol–water partition coefficient (Wildman–Crippen LogP) is 4.05. The largest absolute Gasteiger partial charge is 0.303 e. The maximum Gasteiger partial charge on any atom is 0.236 e. The minimum absolute atomic E-state index is 0. The van der Waals surface area contributed by atoms with Crippen LogP contribution in [0, 0.1) is 0 Å². The molecule has 0 bridgehead atoms. The van der Waals surface area contributed by atoms with Crippen LogP contribution in [0.5, 0.6) is 0 Å². The highest BCUT2D eigenvalue weighted by Crippen LogP contribution is 2.28. The van der Waals surface area contributed by atoms with E-state index in [1.165, 1.54) is 5.41 Å². The van der Waals surface area contributed by atoms with Crippen molar-refractivity contribution in [3.05, 3.63) is 76.2 Å². The summed E-state index contributed by atoms with van der Waals surface area (Å²) in [5.41, 5.74) is 1.82. The first-order valence-electron chi connectivity index (χ1n) is 8.15. The first-order valence-corrected chi connectivity index (χ1v) is 10.0. The molecule has 1 unspecified atom stereocenters. The molecular formula is C19H22Cl2N2O2S. The van der Waals surface area contributed by atoms with Crippen LogP contribution in [0.2, 0.25) is 5.02 Å². The van der Waals surface area contributed by atoms with Gasteiger partial charge in [-0.15, -0.1) is 12.4 Å². The van der Waals surface area contributed by atoms with Gasteiger partial charge in [-0.25, -0.2) is 8.42 Å². The lowest BCUT2D eigenvalue weighted by atomic mass is 10.1. The van der Waals surface area contributed by atoms with E-state index in [-0.39, 0.29) is 18.4 Å². The van der Waals surface area contributed by atoms with Gasteiger partial charge < -0.3 is 4.90 Å². The van der Waals surface area contributed by atoms with E-state index in [2.05, 4.69) is 4.90 Å². The van der Waals surface area contributed by atoms with Crippen molar-refractivity contribution in [3.63, 3.8) is 0 Å². The molecule has 0 N–H and O–H groups in total. The van der Waals surface area contributed by atoms with Gasteiger partial charge in [0, 0.05) is 30.1 Å². The van der Waals surface area contributed by atoms with Gasteiger partial charge in [0.15, 0.2) is 0 Å². The number of halogens is 2. The molecule has 3 rings (SSSR count). The van der Waals surface area contributed by atoms with Crippen LogP contribution < -0.4 is 0 Å². The zero-order chi connectivity index (χ0) is 17.9. The molecule has 0 spiro atoms. The summed E-state index contributed by atoms with van der Waals surface area (Å²) >= 11 is 5.87. The van der Waals surface area contributed by atoms with Gasteiger partial charge in [-0.3, -0.25) is 0 Å². The van der Waals surface area contributed by atoms with Crippen LogP contribution in [-0.2, 0) is 10.0 Å². The van der Waals surface area contributed by atoms with Crippen molar-refractivity contribution in [2.45, 2.75) is 6.04 Å². The summed E-state index contributed by atoms with van der Waals surface area (Å²) in [4.78, 5) is 2.16. The topological polar surface area (TPSA) is 40.6 Å². The third-order valence-electron chi connectivity index (χ3n) is 4.35. The third-order valence-corrected chi connectivity index (χ3v) is 6.17. The number of hydrogen-bond acceptors (Lipinski definition) is 3. The molecule has 0 radical (unpaired) electrons. The normalized spacial score (nSPS) is 19.4. The number of likely N-dealkylation sites (N-methyl/N-ethyl adjacent to an activating group) is 1. The Morgan fingerprint density at radius 2 is 1.69 bits per heavy atom. The fourth-order valence-electron chi connectivity index (χ4n) is 2.97. The van der Waals surface area contributed by atoms with Crippen molar-refractivity contribution in [1.82, 2.24) is 9.21 Å². The summed E-state index contributed by atoms with van der Waals surface area (Å²) in [7, 11) is -1.50. The number of benzene rings is 2. The Balaban J connectivity index is 0.00000243. The summed E-state index contributed by atoms with van der Waals surface area (Å²) in [6.45, 7) is 1.87. The van der Waals surface area contributed by atoms with E-state index in [0.29, 0.717) is 18.1 Å². The average molecular weight is 413 g/mol. The highest BCUT2D eigenvalue weighted by atomic mass is 35.5. The third kappa shape index (κ3) is 5.09. The number of rotatable bonds is 4. The van der Waals surface area contributed by atoms with E-state index in [1.54, 1.807) is 34.6 Å². The number of piperazine rings is 1. The Morgan fingerprint density at radius 3 is 2.35 bits per heavy atom. The lowest BCUT2D eigenvalue weighted by Gasteiger charge is -2.38. The molecule has 140 valence electrons. The molecule has 0 saturated carbocycles. The Kier molecular flexibility index (Phi) is 7.26. The fourth-order valence-corrected chi connectivity index (χ4v) is 4.46. The van der Waals surface area contributed by atoms with Gasteiger partial charge in [-0.2, -0.15) is 4.31 Å². The van der Waals surface area contributed by atoms with Crippen LogP contribution in [0.3, 0.4) is 0 Å². The van der Waals surface area contributed by atoms with Crippen LogP contribution in [0.4, 0.5) is 0 Å². The summed E-state index contributed by atoms with van der Waals surface area (Å²) in [6, 6.07) is 16.7. The lowest BCUT2D eigenvalue weighted by molar-refractivity contribution is 0.162. The maximum atomic E-state index is 12.9. The van der Waals surface area contributed by atoms with Gasteiger partial charge >= 0.3 is 0 Å². The molecule has 2 aromatic rings. The van der Waals surface area contributed by atoms with E-state index in [0.717, 1.165) is 17.7 Å². The molecule has 7 heteroatoms. The summed E-state index contributed by atoms with van der Waals surface area (Å²) in [5, 5.41) is 1.92. The molecule has 1 saturated heterocycles. The first-order chi connectivity index (χ1) is 12.0. The maximum absolute atomic E-state index is 12.9. The van der Waals surface area contributed by atoms with Gasteiger partial charge in [0.2, 0.25) is 10.0 Å². The van der Waals surface area contributed by atoms with Crippen molar-refractivity contribution < 1.29 is 8.42 Å². The highest BCUT2D eigenvalue weighted by molar-refractivity contribution is 7.92. The second-order valence-electron chi connectivity index (χ2n) is 6.20. The Morgan fingerprint density at radius 1 is 1.04 bits per heavy atom. The zero-order valence-corrected chi connectivity index (χ0v) is 16.8. The van der Waals surface area contributed by atoms with Crippen molar-refractivity contribution in [2.24, 2.45) is 0 Å². The number of nitrogens with zero attached hydrogens (tertiary/aromatic N) is 2. The van der Waals surface area contributed by atoms with E-state index >= 15 is 0 Å². The molecule has 4 nitrogen and oxygen atoms in total. The SMILES string of the molecule is CN1CCN(S(=O)(=O)/C=C/c2ccc(Cl)cc2)C(c2ccccc2)C1.Cl. The minimum atomic E-state index is -3.52. The highest BCUT2D eigenvalue weighted by Gasteiger charge is 2.33. The van der Waals surface area contributed by atoms with E-state index in [9.17, 15) is 8.42 Å². The van der Waals surface area contributed by atoms with Crippen LogP contribution in [0.25, 0.3) is 6.08 Å². The molecule has 0 aromatic heterocycles.